The number of nitrogens with one attached hydrogen (secondary N) is 12. The number of amides is 12. The lowest BCUT2D eigenvalue weighted by atomic mass is 10.2. The molecule has 2 aliphatic heterocycles. The van der Waals surface area contributed by atoms with E-state index in [0.29, 0.717) is 42.5 Å². The third-order valence-corrected chi connectivity index (χ3v) is 15.1. The Morgan fingerprint density at radius 1 is 0.440 bits per heavy atom. The van der Waals surface area contributed by atoms with Crippen LogP contribution in [0.4, 0.5) is 0 Å². The first-order valence-electron chi connectivity index (χ1n) is 25.8. The van der Waals surface area contributed by atoms with E-state index in [-0.39, 0.29) is 28.8 Å². The van der Waals surface area contributed by atoms with Gasteiger partial charge in [0.15, 0.2) is 0 Å². The molecular formula is C47H68N20O14S3. The van der Waals surface area contributed by atoms with E-state index in [4.69, 9.17) is 15.9 Å². The van der Waals surface area contributed by atoms with E-state index in [1.165, 1.54) is 35.3 Å². The molecule has 1 unspecified atom stereocenters. The van der Waals surface area contributed by atoms with Crippen LogP contribution in [0.3, 0.4) is 0 Å². The van der Waals surface area contributed by atoms with Crippen molar-refractivity contribution in [2.75, 3.05) is 82.7 Å². The minimum absolute atomic E-state index is 0.0635. The average molecular weight is 1230 g/mol. The number of aryl methyl sites for hydroxylation is 3. The van der Waals surface area contributed by atoms with Gasteiger partial charge >= 0.3 is 5.97 Å². The van der Waals surface area contributed by atoms with E-state index in [1.54, 1.807) is 35.2 Å². The highest BCUT2D eigenvalue weighted by Gasteiger charge is 2.25. The maximum absolute atomic E-state index is 13.6. The normalized spacial score (nSPS) is 22.0. The maximum Gasteiger partial charge on any atom is 0.327 e. The number of carboxylic acids is 1. The Hall–Kier alpha value is -8.29. The van der Waals surface area contributed by atoms with E-state index in [9.17, 15) is 67.4 Å². The number of carbonyl (C=O) groups is 13. The zero-order chi connectivity index (χ0) is 61.3. The van der Waals surface area contributed by atoms with Crippen molar-refractivity contribution in [3.8, 4) is 0 Å². The monoisotopic (exact) mass is 1230 g/mol. The molecule has 0 saturated carbocycles. The van der Waals surface area contributed by atoms with Crippen LogP contribution in [0, 0.1) is 0 Å². The fourth-order valence-corrected chi connectivity index (χ4v) is 10.3. The summed E-state index contributed by atoms with van der Waals surface area (Å²) in [7, 11) is 5.31. The lowest BCUT2D eigenvalue weighted by molar-refractivity contribution is -0.141. The van der Waals surface area contributed by atoms with Crippen LogP contribution in [0.25, 0.3) is 0 Å². The number of nitrogens with zero attached hydrogens (tertiary/aromatic N) is 7. The minimum atomic E-state index is -1.34. The summed E-state index contributed by atoms with van der Waals surface area (Å²) in [6.07, 6.45) is 0. The molecule has 3 aromatic rings. The number of carboxylic acid groups (broad SMARTS) is 1. The van der Waals surface area contributed by atoms with Crippen LogP contribution in [0.2, 0.25) is 0 Å². The quantitative estimate of drug-likeness (QED) is 0.108. The molecule has 0 fully saturated rings. The molecule has 84 heavy (non-hydrogen) atoms. The number of hydrogen-bond acceptors (Lipinski definition) is 21. The van der Waals surface area contributed by atoms with Crippen LogP contribution < -0.4 is 69.5 Å². The minimum Gasteiger partial charge on any atom is -0.480 e. The van der Waals surface area contributed by atoms with Gasteiger partial charge in [-0.2, -0.15) is 50.6 Å². The number of fused-ring (bicyclic) bond motifs is 8. The Labute approximate surface area is 492 Å². The van der Waals surface area contributed by atoms with Gasteiger partial charge in [-0.15, -0.1) is 0 Å². The first-order valence-corrected chi connectivity index (χ1v) is 29.2. The third-order valence-electron chi connectivity index (χ3n) is 11.9. The van der Waals surface area contributed by atoms with Crippen LogP contribution in [0.15, 0.2) is 18.2 Å². The highest BCUT2D eigenvalue weighted by atomic mass is 32.2. The number of aliphatic carboxylic acids is 1. The van der Waals surface area contributed by atoms with Gasteiger partial charge in [-0.3, -0.25) is 76.5 Å². The van der Waals surface area contributed by atoms with Crippen molar-refractivity contribution in [1.29, 1.82) is 0 Å². The molecule has 8 bridgehead atoms. The van der Waals surface area contributed by atoms with E-state index < -0.39 is 160 Å². The molecule has 5 rings (SSSR count). The summed E-state index contributed by atoms with van der Waals surface area (Å²) in [4.78, 5) is 166. The summed E-state index contributed by atoms with van der Waals surface area (Å²) >= 11 is 3.75. The van der Waals surface area contributed by atoms with Crippen LogP contribution >= 0.6 is 35.3 Å². The lowest BCUT2D eigenvalue weighted by Gasteiger charge is -2.22. The lowest BCUT2D eigenvalue weighted by Crippen LogP contribution is -2.53. The Morgan fingerprint density at radius 2 is 0.738 bits per heavy atom. The van der Waals surface area contributed by atoms with Crippen molar-refractivity contribution in [2.24, 2.45) is 26.9 Å². The second-order valence-corrected chi connectivity index (χ2v) is 21.9. The number of aromatic nitrogens is 6. The molecule has 5 heterocycles. The predicted octanol–water partition coefficient (Wildman–Crippen LogP) is -8.64. The molecule has 0 aliphatic carbocycles. The van der Waals surface area contributed by atoms with Gasteiger partial charge in [0.25, 0.3) is 0 Å². The van der Waals surface area contributed by atoms with Crippen molar-refractivity contribution in [2.45, 2.75) is 55.0 Å². The van der Waals surface area contributed by atoms with Crippen molar-refractivity contribution in [3.05, 3.63) is 52.4 Å². The Bertz CT molecular complexity index is 2920. The van der Waals surface area contributed by atoms with E-state index >= 15 is 0 Å². The zero-order valence-electron chi connectivity index (χ0n) is 46.1. The average Bonchev–Trinajstić information content (AvgIpc) is 4.30. The molecule has 15 N–H and O–H groups in total. The summed E-state index contributed by atoms with van der Waals surface area (Å²) in [5, 5.41) is 51.9. The Balaban J connectivity index is 1.40. The van der Waals surface area contributed by atoms with Crippen LogP contribution in [-0.4, -0.2) is 217 Å². The van der Waals surface area contributed by atoms with Crippen molar-refractivity contribution in [1.82, 2.24) is 98.0 Å². The molecule has 37 heteroatoms. The molecule has 12 amide bonds. The van der Waals surface area contributed by atoms with Crippen molar-refractivity contribution < 1.29 is 67.4 Å². The molecule has 0 radical (unpaired) electrons. The zero-order valence-corrected chi connectivity index (χ0v) is 48.5. The highest BCUT2D eigenvalue weighted by Crippen LogP contribution is 2.21. The first kappa shape index (κ1) is 66.5. The summed E-state index contributed by atoms with van der Waals surface area (Å²) in [6, 6.07) is 2.01. The fraction of sp³-hybridized carbons (Fsp3) is 0.532. The van der Waals surface area contributed by atoms with Crippen LogP contribution in [0.1, 0.15) is 34.2 Å². The summed E-state index contributed by atoms with van der Waals surface area (Å²) in [5.74, 6) is -9.85. The number of rotatable bonds is 1. The van der Waals surface area contributed by atoms with Gasteiger partial charge in [-0.1, -0.05) is 0 Å². The summed E-state index contributed by atoms with van der Waals surface area (Å²) < 4.78 is 5.11. The van der Waals surface area contributed by atoms with Crippen molar-refractivity contribution >= 4 is 112 Å². The number of carbonyl (C=O) groups excluding carboxylic acids is 12. The second kappa shape index (κ2) is 33.7. The van der Waals surface area contributed by atoms with Gasteiger partial charge in [0, 0.05) is 75.3 Å². The molecule has 34 nitrogen and oxygen atoms in total. The topological polar surface area (TPSA) is 469 Å². The van der Waals surface area contributed by atoms with E-state index in [2.05, 4.69) is 73.8 Å². The SMILES string of the molecule is Cn1nc2cc1CN1Cc3cc(nn3C)CSC[C@H](NC(=O)CNC(=O)CNC(=O)CNC(=O)CNC(=O)CNC(=O)[C@@H](N)CSCc3cc(n(C)n3)C1)C(=O)NCC(=O)NCC(=O)NCC(=O)NCC(=O)NCC(=O)N[C@H](C(=O)O)CSC2. The van der Waals surface area contributed by atoms with Crippen LogP contribution in [0.5, 0.6) is 0 Å². The standard InChI is InChI=1S/C47H68N20O14S3/c1-64-29-4-26(61-64)20-82-23-32(48)45(78)57-13-41(74)53-9-37(70)49-7-35(68)51-11-39(72)55-15-43(76)59-33-24-83-21-27-5-30(65(2)62-27)18-67(17-29)19-31-6-28(63-66(31)3)22-84-25-34(47(80)81)60-44(77)16-56-40(73)12-52-36(69)8-50-38(71)10-54-42(75)14-58-46(33)79/h4-6,32-34H,7-25,48H2,1-3H3,(H,49,70)(H,50,71)(H,51,68)(H,52,69)(H,53,74)(H,54,75)(H,55,72)(H,56,73)(H,57,78)(H,58,79)(H,59,76)(H,60,77)(H,80,81)/t32-,33-,34-/m0/s1. The molecule has 0 spiro atoms. The van der Waals surface area contributed by atoms with Gasteiger partial charge in [-0.05, 0) is 18.2 Å². The Kier molecular flexibility index (Phi) is 26.7. The summed E-state index contributed by atoms with van der Waals surface area (Å²) in [5.41, 5.74) is 10.4. The molecule has 0 saturated heterocycles. The van der Waals surface area contributed by atoms with Gasteiger partial charge in [0.2, 0.25) is 70.9 Å². The number of thioether (sulfide) groups is 3. The first-order chi connectivity index (χ1) is 40.0. The molecule has 3 aromatic heterocycles. The summed E-state index contributed by atoms with van der Waals surface area (Å²) in [6.45, 7) is -5.01. The smallest absolute Gasteiger partial charge is 0.327 e. The number of nitrogens with two attached hydrogens (primary N) is 1. The maximum atomic E-state index is 13.6. The van der Waals surface area contributed by atoms with E-state index in [1.807, 2.05) is 18.2 Å². The highest BCUT2D eigenvalue weighted by molar-refractivity contribution is 7.99. The fourth-order valence-electron chi connectivity index (χ4n) is 7.52. The van der Waals surface area contributed by atoms with Gasteiger partial charge < -0.3 is 74.6 Å². The predicted molar refractivity (Wildman–Crippen MR) is 301 cm³/mol. The van der Waals surface area contributed by atoms with E-state index in [0.717, 1.165) is 17.1 Å². The third kappa shape index (κ3) is 23.9. The largest absolute Gasteiger partial charge is 0.480 e. The van der Waals surface area contributed by atoms with Crippen molar-refractivity contribution in [3.63, 3.8) is 0 Å². The molecule has 458 valence electrons. The molecule has 4 atom stereocenters. The molecule has 0 aromatic carbocycles. The van der Waals surface area contributed by atoms with Gasteiger partial charge in [0.1, 0.15) is 12.1 Å². The second-order valence-electron chi connectivity index (χ2n) is 18.8. The molecular weight excluding hydrogens is 1160 g/mol. The Morgan fingerprint density at radius 3 is 1.10 bits per heavy atom. The van der Waals surface area contributed by atoms with Crippen LogP contribution in [-0.2, 0) is 120 Å². The number of hydrogen-bond donors (Lipinski definition) is 14. The molecule has 2 aliphatic rings. The van der Waals surface area contributed by atoms with Gasteiger partial charge in [0.05, 0.1) is 106 Å². The van der Waals surface area contributed by atoms with Gasteiger partial charge in [-0.25, -0.2) is 4.79 Å².